The molecule has 2 atom stereocenters. The molecule has 4 rings (SSSR count). The highest BCUT2D eigenvalue weighted by Crippen LogP contribution is 2.32. The minimum atomic E-state index is 0.560. The highest BCUT2D eigenvalue weighted by Gasteiger charge is 2.35. The van der Waals surface area contributed by atoms with Gasteiger partial charge in [0.25, 0.3) is 0 Å². The van der Waals surface area contributed by atoms with Crippen molar-refractivity contribution in [2.75, 3.05) is 37.7 Å². The van der Waals surface area contributed by atoms with Crippen LogP contribution in [0.25, 0.3) is 0 Å². The summed E-state index contributed by atoms with van der Waals surface area (Å²) >= 11 is 0. The Kier molecular flexibility index (Phi) is 4.49. The zero-order valence-corrected chi connectivity index (χ0v) is 14.2. The summed E-state index contributed by atoms with van der Waals surface area (Å²) in [6.45, 7) is 7.37. The predicted octanol–water partition coefficient (Wildman–Crippen LogP) is 2.04. The number of anilines is 1. The van der Waals surface area contributed by atoms with Crippen molar-refractivity contribution in [3.63, 3.8) is 0 Å². The highest BCUT2D eigenvalue weighted by atomic mass is 16.5. The molecule has 0 aromatic carbocycles. The van der Waals surface area contributed by atoms with Gasteiger partial charge in [0.1, 0.15) is 12.1 Å². The molecule has 0 bridgehead atoms. The van der Waals surface area contributed by atoms with Crippen LogP contribution >= 0.6 is 0 Å². The van der Waals surface area contributed by atoms with Gasteiger partial charge >= 0.3 is 0 Å². The Labute approximate surface area is 139 Å². The average Bonchev–Trinajstić information content (AvgIpc) is 2.81. The minimum absolute atomic E-state index is 0.560. The molecular formula is C18H28N4O. The lowest BCUT2D eigenvalue weighted by Crippen LogP contribution is -2.44. The second-order valence-electron chi connectivity index (χ2n) is 7.22. The zero-order chi connectivity index (χ0) is 15.6. The summed E-state index contributed by atoms with van der Waals surface area (Å²) in [6.07, 6.45) is 9.17. The van der Waals surface area contributed by atoms with Gasteiger partial charge in [-0.05, 0) is 39.0 Å². The second kappa shape index (κ2) is 6.73. The molecule has 5 heteroatoms. The molecular weight excluding hydrogens is 288 g/mol. The molecule has 1 aromatic heterocycles. The molecule has 126 valence electrons. The standard InChI is InChI=1S/C18H28N4O/c1-14-11-15(21-7-9-23-10-8-21)12-22(14)18-16-5-3-2-4-6-17(16)19-13-20-18/h13-15H,2-12H2,1H3. The van der Waals surface area contributed by atoms with Crippen molar-refractivity contribution < 1.29 is 4.74 Å². The molecule has 23 heavy (non-hydrogen) atoms. The van der Waals surface area contributed by atoms with Gasteiger partial charge in [0.05, 0.1) is 13.2 Å². The molecule has 0 spiro atoms. The molecule has 2 saturated heterocycles. The van der Waals surface area contributed by atoms with Gasteiger partial charge in [0.15, 0.2) is 0 Å². The number of hydrogen-bond donors (Lipinski definition) is 0. The lowest BCUT2D eigenvalue weighted by atomic mass is 10.1. The van der Waals surface area contributed by atoms with Crippen molar-refractivity contribution in [3.8, 4) is 0 Å². The molecule has 3 heterocycles. The van der Waals surface area contributed by atoms with Gasteiger partial charge in [-0.2, -0.15) is 0 Å². The number of rotatable bonds is 2. The summed E-state index contributed by atoms with van der Waals surface area (Å²) in [7, 11) is 0. The van der Waals surface area contributed by atoms with E-state index in [0.717, 1.165) is 45.7 Å². The molecule has 2 aliphatic heterocycles. The van der Waals surface area contributed by atoms with Crippen LogP contribution in [0.1, 0.15) is 43.9 Å². The Balaban J connectivity index is 1.56. The first-order valence-electron chi connectivity index (χ1n) is 9.24. The monoisotopic (exact) mass is 316 g/mol. The predicted molar refractivity (Wildman–Crippen MR) is 90.9 cm³/mol. The molecule has 2 unspecified atom stereocenters. The van der Waals surface area contributed by atoms with Gasteiger partial charge < -0.3 is 9.64 Å². The van der Waals surface area contributed by atoms with E-state index in [2.05, 4.69) is 21.7 Å². The third-order valence-corrected chi connectivity index (χ3v) is 5.74. The second-order valence-corrected chi connectivity index (χ2v) is 7.22. The Morgan fingerprint density at radius 2 is 1.91 bits per heavy atom. The summed E-state index contributed by atoms with van der Waals surface area (Å²) < 4.78 is 5.51. The molecule has 0 amide bonds. The normalized spacial score (nSPS) is 29.3. The smallest absolute Gasteiger partial charge is 0.135 e. The molecule has 0 saturated carbocycles. The summed E-state index contributed by atoms with van der Waals surface area (Å²) in [5, 5.41) is 0. The van der Waals surface area contributed by atoms with Crippen LogP contribution in [0.5, 0.6) is 0 Å². The largest absolute Gasteiger partial charge is 0.379 e. The fourth-order valence-corrected chi connectivity index (χ4v) is 4.43. The van der Waals surface area contributed by atoms with Crippen molar-refractivity contribution in [1.82, 2.24) is 14.9 Å². The van der Waals surface area contributed by atoms with E-state index in [9.17, 15) is 0 Å². The maximum absolute atomic E-state index is 5.51. The molecule has 0 N–H and O–H groups in total. The van der Waals surface area contributed by atoms with Crippen LogP contribution in [-0.2, 0) is 17.6 Å². The summed E-state index contributed by atoms with van der Waals surface area (Å²) in [4.78, 5) is 14.5. The maximum atomic E-state index is 5.51. The van der Waals surface area contributed by atoms with Crippen molar-refractivity contribution in [3.05, 3.63) is 17.6 Å². The lowest BCUT2D eigenvalue weighted by Gasteiger charge is -2.32. The van der Waals surface area contributed by atoms with Gasteiger partial charge in [-0.25, -0.2) is 9.97 Å². The molecule has 2 fully saturated rings. The first kappa shape index (κ1) is 15.3. The molecule has 1 aromatic rings. The molecule has 1 aliphatic carbocycles. The van der Waals surface area contributed by atoms with Crippen molar-refractivity contribution in [1.29, 1.82) is 0 Å². The third-order valence-electron chi connectivity index (χ3n) is 5.74. The van der Waals surface area contributed by atoms with Crippen molar-refractivity contribution in [2.45, 2.75) is 57.5 Å². The van der Waals surface area contributed by atoms with Gasteiger partial charge in [0.2, 0.25) is 0 Å². The van der Waals surface area contributed by atoms with Gasteiger partial charge in [0, 0.05) is 43.0 Å². The van der Waals surface area contributed by atoms with Crippen LogP contribution in [0.15, 0.2) is 6.33 Å². The van der Waals surface area contributed by atoms with Crippen LogP contribution in [0.4, 0.5) is 5.82 Å². The van der Waals surface area contributed by atoms with Crippen molar-refractivity contribution in [2.24, 2.45) is 0 Å². The van der Waals surface area contributed by atoms with E-state index in [4.69, 9.17) is 9.72 Å². The zero-order valence-electron chi connectivity index (χ0n) is 14.2. The quantitative estimate of drug-likeness (QED) is 0.781. The van der Waals surface area contributed by atoms with Crippen LogP contribution in [0.3, 0.4) is 0 Å². The van der Waals surface area contributed by atoms with Crippen LogP contribution in [-0.4, -0.2) is 59.8 Å². The van der Waals surface area contributed by atoms with E-state index in [-0.39, 0.29) is 0 Å². The van der Waals surface area contributed by atoms with E-state index in [0.29, 0.717) is 12.1 Å². The SMILES string of the molecule is CC1CC(N2CCOCC2)CN1c1ncnc2c1CCCCC2. The fourth-order valence-electron chi connectivity index (χ4n) is 4.43. The van der Waals surface area contributed by atoms with E-state index in [1.54, 1.807) is 6.33 Å². The van der Waals surface area contributed by atoms with Crippen LogP contribution < -0.4 is 4.90 Å². The number of fused-ring (bicyclic) bond motifs is 1. The minimum Gasteiger partial charge on any atom is -0.379 e. The fraction of sp³-hybridized carbons (Fsp3) is 0.778. The first-order valence-corrected chi connectivity index (χ1v) is 9.24. The van der Waals surface area contributed by atoms with Crippen molar-refractivity contribution >= 4 is 5.82 Å². The first-order chi connectivity index (χ1) is 11.3. The number of aromatic nitrogens is 2. The average molecular weight is 316 g/mol. The molecule has 5 nitrogen and oxygen atoms in total. The van der Waals surface area contributed by atoms with E-state index in [1.807, 2.05) is 0 Å². The molecule has 3 aliphatic rings. The lowest BCUT2D eigenvalue weighted by molar-refractivity contribution is 0.0204. The number of ether oxygens (including phenoxy) is 1. The molecule has 0 radical (unpaired) electrons. The van der Waals surface area contributed by atoms with Gasteiger partial charge in [-0.15, -0.1) is 0 Å². The Bertz CT molecular complexity index is 544. The Morgan fingerprint density at radius 3 is 2.78 bits per heavy atom. The highest BCUT2D eigenvalue weighted by molar-refractivity contribution is 5.51. The van der Waals surface area contributed by atoms with E-state index >= 15 is 0 Å². The summed E-state index contributed by atoms with van der Waals surface area (Å²) in [6, 6.07) is 1.20. The topological polar surface area (TPSA) is 41.5 Å². The maximum Gasteiger partial charge on any atom is 0.135 e. The number of nitrogens with zero attached hydrogens (tertiary/aromatic N) is 4. The Hall–Kier alpha value is -1.20. The summed E-state index contributed by atoms with van der Waals surface area (Å²) in [5.41, 5.74) is 2.73. The number of aryl methyl sites for hydroxylation is 1. The van der Waals surface area contributed by atoms with Gasteiger partial charge in [-0.1, -0.05) is 6.42 Å². The van der Waals surface area contributed by atoms with Crippen LogP contribution in [0, 0.1) is 0 Å². The number of morpholine rings is 1. The van der Waals surface area contributed by atoms with Crippen LogP contribution in [0.2, 0.25) is 0 Å². The third kappa shape index (κ3) is 3.09. The Morgan fingerprint density at radius 1 is 1.09 bits per heavy atom. The van der Waals surface area contributed by atoms with Gasteiger partial charge in [-0.3, -0.25) is 4.90 Å². The number of hydrogen-bond acceptors (Lipinski definition) is 5. The van der Waals surface area contributed by atoms with E-state index < -0.39 is 0 Å². The van der Waals surface area contributed by atoms with E-state index in [1.165, 1.54) is 42.8 Å². The summed E-state index contributed by atoms with van der Waals surface area (Å²) in [5.74, 6) is 1.22.